The van der Waals surface area contributed by atoms with Gasteiger partial charge < -0.3 is 10.1 Å². The summed E-state index contributed by atoms with van der Waals surface area (Å²) < 4.78 is 0. The number of rotatable bonds is 3. The van der Waals surface area contributed by atoms with Gasteiger partial charge in [-0.15, -0.1) is 11.8 Å². The molecule has 0 spiro atoms. The fourth-order valence-electron chi connectivity index (χ4n) is 3.10. The van der Waals surface area contributed by atoms with E-state index in [0.29, 0.717) is 22.6 Å². The van der Waals surface area contributed by atoms with Crippen LogP contribution in [-0.4, -0.2) is 27.2 Å². The number of imidazole rings is 1. The first-order valence-corrected chi connectivity index (χ1v) is 8.69. The van der Waals surface area contributed by atoms with Crippen molar-refractivity contribution in [3.05, 3.63) is 77.9 Å². The predicted molar refractivity (Wildman–Crippen MR) is 93.1 cm³/mol. The summed E-state index contributed by atoms with van der Waals surface area (Å²) in [6.07, 6.45) is 5.17. The number of fused-ring (bicyclic) bond motifs is 1. The van der Waals surface area contributed by atoms with Crippen LogP contribution < -0.4 is 4.90 Å². The molecule has 4 rings (SSSR count). The number of aromatic amines is 1. The Morgan fingerprint density at radius 2 is 2.04 bits per heavy atom. The van der Waals surface area contributed by atoms with Crippen LogP contribution in [0.15, 0.2) is 65.8 Å². The summed E-state index contributed by atoms with van der Waals surface area (Å²) in [6.45, 7) is 0. The van der Waals surface area contributed by atoms with Crippen LogP contribution in [0.3, 0.4) is 0 Å². The maximum atomic E-state index is 13.0. The van der Waals surface area contributed by atoms with Crippen LogP contribution in [0.4, 0.5) is 5.69 Å². The van der Waals surface area contributed by atoms with E-state index in [4.69, 9.17) is 0 Å². The summed E-state index contributed by atoms with van der Waals surface area (Å²) in [5.74, 6) is 0.0677. The Kier molecular flexibility index (Phi) is 3.44. The number of amides is 1. The lowest BCUT2D eigenvalue weighted by Crippen LogP contribution is -2.45. The minimum atomic E-state index is -1.66. The Morgan fingerprint density at radius 3 is 2.79 bits per heavy atom. The van der Waals surface area contributed by atoms with E-state index in [1.54, 1.807) is 42.4 Å². The number of H-pyrrole nitrogens is 1. The summed E-state index contributed by atoms with van der Waals surface area (Å²) >= 11 is 1.58. The number of carbonyl (C=O) groups excluding carboxylic acids is 1. The van der Waals surface area contributed by atoms with Crippen molar-refractivity contribution in [1.82, 2.24) is 9.97 Å². The number of nitrogens with zero attached hydrogens (tertiary/aromatic N) is 2. The molecule has 0 saturated heterocycles. The molecule has 0 radical (unpaired) electrons. The molecule has 3 aromatic rings. The lowest BCUT2D eigenvalue weighted by Gasteiger charge is -2.32. The molecule has 2 N–H and O–H groups in total. The zero-order chi connectivity index (χ0) is 16.7. The standard InChI is InChI=1S/C18H15N3O2S/c1-24-13-6-4-5-12(11-13)21-16(22)14-7-2-3-8-15(14)18(21,23)17-19-9-10-20-17/h2-11,23H,1H3,(H,19,20). The van der Waals surface area contributed by atoms with Crippen molar-refractivity contribution < 1.29 is 9.90 Å². The minimum Gasteiger partial charge on any atom is -0.360 e. The highest BCUT2D eigenvalue weighted by Crippen LogP contribution is 2.44. The van der Waals surface area contributed by atoms with Crippen LogP contribution in [0.25, 0.3) is 0 Å². The molecule has 6 heteroatoms. The Bertz CT molecular complexity index is 910. The molecule has 2 aromatic carbocycles. The average molecular weight is 337 g/mol. The fourth-order valence-corrected chi connectivity index (χ4v) is 3.56. The van der Waals surface area contributed by atoms with Gasteiger partial charge in [0.25, 0.3) is 5.91 Å². The third-order valence-corrected chi connectivity index (χ3v) is 4.93. The van der Waals surface area contributed by atoms with Gasteiger partial charge in [-0.25, -0.2) is 4.98 Å². The van der Waals surface area contributed by atoms with Gasteiger partial charge in [-0.05, 0) is 30.5 Å². The first kappa shape index (κ1) is 15.0. The van der Waals surface area contributed by atoms with E-state index in [9.17, 15) is 9.90 Å². The predicted octanol–water partition coefficient (Wildman–Crippen LogP) is 2.99. The minimum absolute atomic E-state index is 0.247. The number of anilines is 1. The monoisotopic (exact) mass is 337 g/mol. The van der Waals surface area contributed by atoms with Crippen LogP contribution in [0.2, 0.25) is 0 Å². The highest BCUT2D eigenvalue weighted by atomic mass is 32.2. The highest BCUT2D eigenvalue weighted by molar-refractivity contribution is 7.98. The normalized spacial score (nSPS) is 19.6. The van der Waals surface area contributed by atoms with Crippen molar-refractivity contribution >= 4 is 23.4 Å². The zero-order valence-corrected chi connectivity index (χ0v) is 13.7. The summed E-state index contributed by atoms with van der Waals surface area (Å²) in [7, 11) is 0. The molecule has 0 saturated carbocycles. The number of benzene rings is 2. The first-order valence-electron chi connectivity index (χ1n) is 7.46. The quantitative estimate of drug-likeness (QED) is 0.721. The zero-order valence-electron chi connectivity index (χ0n) is 12.9. The highest BCUT2D eigenvalue weighted by Gasteiger charge is 2.52. The van der Waals surface area contributed by atoms with Crippen LogP contribution in [0.5, 0.6) is 0 Å². The Balaban J connectivity index is 1.97. The summed E-state index contributed by atoms with van der Waals surface area (Å²) in [5, 5.41) is 11.6. The second-order valence-electron chi connectivity index (χ2n) is 5.50. The van der Waals surface area contributed by atoms with Gasteiger partial charge in [0.15, 0.2) is 5.82 Å². The molecule has 1 aromatic heterocycles. The van der Waals surface area contributed by atoms with Crippen molar-refractivity contribution in [3.8, 4) is 0 Å². The van der Waals surface area contributed by atoms with Gasteiger partial charge in [-0.2, -0.15) is 0 Å². The molecule has 0 fully saturated rings. The number of aliphatic hydroxyl groups is 1. The maximum Gasteiger partial charge on any atom is 0.261 e. The number of hydrogen-bond acceptors (Lipinski definition) is 4. The van der Waals surface area contributed by atoms with Crippen LogP contribution in [0, 0.1) is 0 Å². The first-order chi connectivity index (χ1) is 11.7. The smallest absolute Gasteiger partial charge is 0.261 e. The van der Waals surface area contributed by atoms with Gasteiger partial charge in [-0.3, -0.25) is 9.69 Å². The molecular weight excluding hydrogens is 322 g/mol. The van der Waals surface area contributed by atoms with E-state index in [-0.39, 0.29) is 5.91 Å². The van der Waals surface area contributed by atoms with Gasteiger partial charge in [0.05, 0.1) is 0 Å². The Hall–Kier alpha value is -2.57. The van der Waals surface area contributed by atoms with Gasteiger partial charge in [0, 0.05) is 34.1 Å². The molecule has 1 unspecified atom stereocenters. The second kappa shape index (κ2) is 5.51. The largest absolute Gasteiger partial charge is 0.360 e. The van der Waals surface area contributed by atoms with E-state index in [1.165, 1.54) is 4.90 Å². The second-order valence-corrected chi connectivity index (χ2v) is 6.38. The van der Waals surface area contributed by atoms with Crippen LogP contribution >= 0.6 is 11.8 Å². The molecule has 0 bridgehead atoms. The Morgan fingerprint density at radius 1 is 1.21 bits per heavy atom. The molecule has 24 heavy (non-hydrogen) atoms. The van der Waals surface area contributed by atoms with E-state index in [1.807, 2.05) is 36.6 Å². The number of hydrogen-bond donors (Lipinski definition) is 2. The van der Waals surface area contributed by atoms with Crippen molar-refractivity contribution in [2.24, 2.45) is 0 Å². The molecule has 1 amide bonds. The van der Waals surface area contributed by atoms with Gasteiger partial charge >= 0.3 is 0 Å². The summed E-state index contributed by atoms with van der Waals surface area (Å²) in [4.78, 5) is 22.6. The van der Waals surface area contributed by atoms with E-state index < -0.39 is 5.72 Å². The lowest BCUT2D eigenvalue weighted by molar-refractivity contribution is 0.0652. The molecule has 5 nitrogen and oxygen atoms in total. The molecule has 1 aliphatic rings. The molecule has 120 valence electrons. The van der Waals surface area contributed by atoms with E-state index >= 15 is 0 Å². The number of nitrogens with one attached hydrogen (secondary N) is 1. The number of carbonyl (C=O) groups is 1. The van der Waals surface area contributed by atoms with Crippen molar-refractivity contribution in [1.29, 1.82) is 0 Å². The average Bonchev–Trinajstić information content (AvgIpc) is 3.23. The van der Waals surface area contributed by atoms with Crippen molar-refractivity contribution in [2.45, 2.75) is 10.6 Å². The molecule has 0 aliphatic carbocycles. The van der Waals surface area contributed by atoms with E-state index in [0.717, 1.165) is 4.90 Å². The number of aromatic nitrogens is 2. The number of thioether (sulfide) groups is 1. The Labute approximate surface area is 143 Å². The third-order valence-electron chi connectivity index (χ3n) is 4.20. The fraction of sp³-hybridized carbons (Fsp3) is 0.111. The molecule has 1 aliphatic heterocycles. The van der Waals surface area contributed by atoms with Gasteiger partial charge in [0.2, 0.25) is 5.72 Å². The molecule has 1 atom stereocenters. The summed E-state index contributed by atoms with van der Waals surface area (Å²) in [5.41, 5.74) is -0.0267. The van der Waals surface area contributed by atoms with Crippen molar-refractivity contribution in [2.75, 3.05) is 11.2 Å². The third kappa shape index (κ3) is 2.00. The molecular formula is C18H15N3O2S. The topological polar surface area (TPSA) is 69.2 Å². The van der Waals surface area contributed by atoms with Crippen LogP contribution in [0.1, 0.15) is 21.7 Å². The molecule has 2 heterocycles. The SMILES string of the molecule is CSc1cccc(N2C(=O)c3ccccc3C2(O)c2ncc[nH]2)c1. The summed E-state index contributed by atoms with van der Waals surface area (Å²) in [6, 6.07) is 14.6. The van der Waals surface area contributed by atoms with Gasteiger partial charge in [0.1, 0.15) is 0 Å². The lowest BCUT2D eigenvalue weighted by atomic mass is 10.0. The van der Waals surface area contributed by atoms with Crippen LogP contribution in [-0.2, 0) is 5.72 Å². The van der Waals surface area contributed by atoms with Crippen molar-refractivity contribution in [3.63, 3.8) is 0 Å². The maximum absolute atomic E-state index is 13.0. The van der Waals surface area contributed by atoms with E-state index in [2.05, 4.69) is 9.97 Å². The van der Waals surface area contributed by atoms with Gasteiger partial charge in [-0.1, -0.05) is 24.3 Å².